The fourth-order valence-electron chi connectivity index (χ4n) is 2.74. The molecule has 0 bridgehead atoms. The Balaban J connectivity index is 1.80. The van der Waals surface area contributed by atoms with Gasteiger partial charge in [-0.3, -0.25) is 15.6 Å². The number of nitrogens with two attached hydrogens (primary N) is 1. The number of halogens is 1. The number of rotatable bonds is 6. The quantitative estimate of drug-likeness (QED) is 0.567. The summed E-state index contributed by atoms with van der Waals surface area (Å²) in [6.07, 6.45) is 1.37. The number of hydrogen-bond donors (Lipinski definition) is 3. The van der Waals surface area contributed by atoms with Crippen molar-refractivity contribution in [2.75, 3.05) is 22.6 Å². The van der Waals surface area contributed by atoms with Gasteiger partial charge in [-0.05, 0) is 55.8 Å². The van der Waals surface area contributed by atoms with E-state index in [0.717, 1.165) is 11.3 Å². The number of nitrogen functional groups attached to an aromatic ring is 1. The molecular weight excluding hydrogens is 359 g/mol. The summed E-state index contributed by atoms with van der Waals surface area (Å²) in [5, 5.41) is 0. The van der Waals surface area contributed by atoms with Crippen LogP contribution in [0.15, 0.2) is 54.9 Å². The van der Waals surface area contributed by atoms with E-state index in [1.807, 2.05) is 43.0 Å². The molecule has 7 nitrogen and oxygen atoms in total. The fourth-order valence-corrected chi connectivity index (χ4v) is 2.74. The van der Waals surface area contributed by atoms with Gasteiger partial charge < -0.3 is 10.6 Å². The monoisotopic (exact) mass is 380 g/mol. The van der Waals surface area contributed by atoms with Crippen molar-refractivity contribution in [1.82, 2.24) is 15.4 Å². The van der Waals surface area contributed by atoms with Crippen molar-refractivity contribution in [2.45, 2.75) is 13.8 Å². The number of benzene rings is 2. The van der Waals surface area contributed by atoms with Gasteiger partial charge in [0.15, 0.2) is 11.6 Å². The molecule has 4 N–H and O–H groups in total. The van der Waals surface area contributed by atoms with E-state index in [4.69, 9.17) is 5.73 Å². The van der Waals surface area contributed by atoms with Crippen molar-refractivity contribution < 1.29 is 9.18 Å². The SMILES string of the molecule is CCN(c1cccc(C)c1)c1ncnc(NNC(=O)c2ccc(F)cc2)c1N. The van der Waals surface area contributed by atoms with Crippen LogP contribution in [0.2, 0.25) is 0 Å². The third kappa shape index (κ3) is 4.17. The summed E-state index contributed by atoms with van der Waals surface area (Å²) in [5.41, 5.74) is 14.1. The van der Waals surface area contributed by atoms with Crippen LogP contribution in [0, 0.1) is 12.7 Å². The summed E-state index contributed by atoms with van der Waals surface area (Å²) in [5.74, 6) is -0.0520. The van der Waals surface area contributed by atoms with Crippen LogP contribution in [0.1, 0.15) is 22.8 Å². The second-order valence-corrected chi connectivity index (χ2v) is 6.13. The summed E-state index contributed by atoms with van der Waals surface area (Å²) < 4.78 is 13.0. The van der Waals surface area contributed by atoms with Crippen LogP contribution in [-0.4, -0.2) is 22.4 Å². The molecule has 0 unspecified atom stereocenters. The van der Waals surface area contributed by atoms with Gasteiger partial charge in [0, 0.05) is 17.8 Å². The predicted molar refractivity (Wildman–Crippen MR) is 108 cm³/mol. The van der Waals surface area contributed by atoms with Crippen molar-refractivity contribution in [2.24, 2.45) is 0 Å². The number of hydrazine groups is 1. The average molecular weight is 380 g/mol. The number of aryl methyl sites for hydroxylation is 1. The summed E-state index contributed by atoms with van der Waals surface area (Å²) in [7, 11) is 0. The number of carbonyl (C=O) groups excluding carboxylic acids is 1. The van der Waals surface area contributed by atoms with E-state index in [1.165, 1.54) is 30.6 Å². The van der Waals surface area contributed by atoms with Gasteiger partial charge in [-0.1, -0.05) is 12.1 Å². The zero-order valence-electron chi connectivity index (χ0n) is 15.6. The summed E-state index contributed by atoms with van der Waals surface area (Å²) in [6.45, 7) is 4.65. The van der Waals surface area contributed by atoms with Crippen LogP contribution < -0.4 is 21.5 Å². The van der Waals surface area contributed by atoms with Crippen LogP contribution >= 0.6 is 0 Å². The normalized spacial score (nSPS) is 10.4. The minimum atomic E-state index is -0.439. The molecule has 1 heterocycles. The van der Waals surface area contributed by atoms with E-state index in [2.05, 4.69) is 20.8 Å². The molecule has 0 radical (unpaired) electrons. The standard InChI is InChI=1S/C20H21FN6O/c1-3-27(16-6-4-5-13(2)11-16)19-17(22)18(23-12-24-19)25-26-20(28)14-7-9-15(21)10-8-14/h4-12H,3,22H2,1-2H3,(H,26,28)(H,23,24,25). The summed E-state index contributed by atoms with van der Waals surface area (Å²) in [4.78, 5) is 22.5. The van der Waals surface area contributed by atoms with Crippen molar-refractivity contribution in [3.63, 3.8) is 0 Å². The lowest BCUT2D eigenvalue weighted by Gasteiger charge is -2.24. The Labute approximate surface area is 162 Å². The Morgan fingerprint density at radius 3 is 2.61 bits per heavy atom. The van der Waals surface area contributed by atoms with Gasteiger partial charge in [-0.25, -0.2) is 14.4 Å². The van der Waals surface area contributed by atoms with Crippen LogP contribution in [-0.2, 0) is 0 Å². The second-order valence-electron chi connectivity index (χ2n) is 6.13. The van der Waals surface area contributed by atoms with E-state index in [0.29, 0.717) is 23.6 Å². The Morgan fingerprint density at radius 2 is 1.93 bits per heavy atom. The molecule has 0 saturated heterocycles. The number of anilines is 4. The molecule has 0 atom stereocenters. The lowest BCUT2D eigenvalue weighted by atomic mass is 10.2. The van der Waals surface area contributed by atoms with Crippen LogP contribution in [0.3, 0.4) is 0 Å². The van der Waals surface area contributed by atoms with Crippen molar-refractivity contribution >= 4 is 28.9 Å². The minimum Gasteiger partial charge on any atom is -0.393 e. The third-order valence-electron chi connectivity index (χ3n) is 4.15. The number of nitrogens with zero attached hydrogens (tertiary/aromatic N) is 3. The second kappa shape index (κ2) is 8.34. The molecule has 0 spiro atoms. The zero-order chi connectivity index (χ0) is 20.1. The van der Waals surface area contributed by atoms with Crippen LogP contribution in [0.4, 0.5) is 27.4 Å². The lowest BCUT2D eigenvalue weighted by Crippen LogP contribution is -2.30. The first kappa shape index (κ1) is 19.1. The third-order valence-corrected chi connectivity index (χ3v) is 4.15. The Morgan fingerprint density at radius 1 is 1.18 bits per heavy atom. The highest BCUT2D eigenvalue weighted by Gasteiger charge is 2.16. The maximum Gasteiger partial charge on any atom is 0.269 e. The van der Waals surface area contributed by atoms with E-state index in [1.54, 1.807) is 0 Å². The van der Waals surface area contributed by atoms with Gasteiger partial charge in [0.05, 0.1) is 0 Å². The number of nitrogens with one attached hydrogen (secondary N) is 2. The molecule has 2 aromatic carbocycles. The number of carbonyl (C=O) groups is 1. The molecule has 0 aliphatic carbocycles. The van der Waals surface area contributed by atoms with E-state index >= 15 is 0 Å². The molecule has 8 heteroatoms. The highest BCUT2D eigenvalue weighted by atomic mass is 19.1. The highest BCUT2D eigenvalue weighted by molar-refractivity contribution is 5.95. The molecule has 3 aromatic rings. The number of amides is 1. The number of aromatic nitrogens is 2. The first-order valence-corrected chi connectivity index (χ1v) is 8.76. The minimum absolute atomic E-state index is 0.270. The zero-order valence-corrected chi connectivity index (χ0v) is 15.6. The first-order valence-electron chi connectivity index (χ1n) is 8.76. The smallest absolute Gasteiger partial charge is 0.269 e. The van der Waals surface area contributed by atoms with Crippen molar-refractivity contribution in [3.05, 3.63) is 71.8 Å². The summed E-state index contributed by atoms with van der Waals surface area (Å²) >= 11 is 0. The molecule has 28 heavy (non-hydrogen) atoms. The molecule has 0 aliphatic heterocycles. The molecule has 1 aromatic heterocycles. The van der Waals surface area contributed by atoms with Crippen molar-refractivity contribution in [1.29, 1.82) is 0 Å². The van der Waals surface area contributed by atoms with Crippen molar-refractivity contribution in [3.8, 4) is 0 Å². The maximum absolute atomic E-state index is 13.0. The largest absolute Gasteiger partial charge is 0.393 e. The average Bonchev–Trinajstić information content (AvgIpc) is 2.69. The first-order chi connectivity index (χ1) is 13.5. The molecule has 0 aliphatic rings. The fraction of sp³-hybridized carbons (Fsp3) is 0.150. The maximum atomic E-state index is 13.0. The van der Waals surface area contributed by atoms with Gasteiger partial charge >= 0.3 is 0 Å². The van der Waals surface area contributed by atoms with Gasteiger partial charge in [0.1, 0.15) is 17.8 Å². The molecule has 1 amide bonds. The predicted octanol–water partition coefficient (Wildman–Crippen LogP) is 3.42. The van der Waals surface area contributed by atoms with Gasteiger partial charge in [0.25, 0.3) is 5.91 Å². The number of hydrogen-bond acceptors (Lipinski definition) is 6. The van der Waals surface area contributed by atoms with Crippen LogP contribution in [0.5, 0.6) is 0 Å². The molecular formula is C20H21FN6O. The van der Waals surface area contributed by atoms with E-state index < -0.39 is 11.7 Å². The Hall–Kier alpha value is -3.68. The van der Waals surface area contributed by atoms with Gasteiger partial charge in [-0.15, -0.1) is 0 Å². The molecule has 0 fully saturated rings. The van der Waals surface area contributed by atoms with Gasteiger partial charge in [0.2, 0.25) is 0 Å². The Bertz CT molecular complexity index is 977. The molecule has 0 saturated carbocycles. The highest BCUT2D eigenvalue weighted by Crippen LogP contribution is 2.31. The topological polar surface area (TPSA) is 96.2 Å². The molecule has 144 valence electrons. The van der Waals surface area contributed by atoms with E-state index in [9.17, 15) is 9.18 Å². The summed E-state index contributed by atoms with van der Waals surface area (Å²) in [6, 6.07) is 13.2. The van der Waals surface area contributed by atoms with E-state index in [-0.39, 0.29) is 5.82 Å². The van der Waals surface area contributed by atoms with Gasteiger partial charge in [-0.2, -0.15) is 0 Å². The Kier molecular flexibility index (Phi) is 5.69. The van der Waals surface area contributed by atoms with Crippen LogP contribution in [0.25, 0.3) is 0 Å². The molecule has 3 rings (SSSR count). The lowest BCUT2D eigenvalue weighted by molar-refractivity contribution is 0.0962.